The number of carboxylic acid groups (broad SMARTS) is 2. The third-order valence-corrected chi connectivity index (χ3v) is 1.23. The van der Waals surface area contributed by atoms with Crippen molar-refractivity contribution in [2.75, 3.05) is 0 Å². The summed E-state index contributed by atoms with van der Waals surface area (Å²) in [6.07, 6.45) is 0. The van der Waals surface area contributed by atoms with E-state index in [-0.39, 0.29) is 0 Å². The van der Waals surface area contributed by atoms with Crippen LogP contribution in [0.2, 0.25) is 0 Å². The Morgan fingerprint density at radius 2 is 1.58 bits per heavy atom. The van der Waals surface area contributed by atoms with Crippen LogP contribution in [-0.4, -0.2) is 33.7 Å². The zero-order valence-corrected chi connectivity index (χ0v) is 6.20. The summed E-state index contributed by atoms with van der Waals surface area (Å²) < 4.78 is 0. The highest BCUT2D eigenvalue weighted by Crippen LogP contribution is 2.03. The summed E-state index contributed by atoms with van der Waals surface area (Å²) in [5.41, 5.74) is 2.21. The van der Waals surface area contributed by atoms with Gasteiger partial charge in [0.2, 0.25) is 5.54 Å². The van der Waals surface area contributed by atoms with E-state index in [0.717, 1.165) is 6.92 Å². The van der Waals surface area contributed by atoms with Crippen molar-refractivity contribution in [3.63, 3.8) is 0 Å². The monoisotopic (exact) mass is 176 g/mol. The summed E-state index contributed by atoms with van der Waals surface area (Å²) in [5, 5.41) is 18.4. The molecule has 0 aromatic heterocycles. The maximum Gasteiger partial charge on any atom is 0.341 e. The molecule has 5 N–H and O–H groups in total. The molecule has 2 amide bonds. The van der Waals surface area contributed by atoms with Crippen LogP contribution in [0.25, 0.3) is 0 Å². The summed E-state index contributed by atoms with van der Waals surface area (Å²) >= 11 is 0. The van der Waals surface area contributed by atoms with E-state index in [9.17, 15) is 14.4 Å². The van der Waals surface area contributed by atoms with Crippen LogP contribution in [0, 0.1) is 0 Å². The summed E-state index contributed by atoms with van der Waals surface area (Å²) in [7, 11) is 0. The summed E-state index contributed by atoms with van der Waals surface area (Å²) in [6.45, 7) is 0.822. The summed E-state index contributed by atoms with van der Waals surface area (Å²) in [4.78, 5) is 30.9. The largest absolute Gasteiger partial charge is 0.479 e. The smallest absolute Gasteiger partial charge is 0.341 e. The molecule has 0 radical (unpaired) electrons. The van der Waals surface area contributed by atoms with Crippen molar-refractivity contribution in [3.05, 3.63) is 0 Å². The third-order valence-electron chi connectivity index (χ3n) is 1.23. The minimum Gasteiger partial charge on any atom is -0.479 e. The number of rotatable bonds is 3. The molecule has 7 nitrogen and oxygen atoms in total. The first-order chi connectivity index (χ1) is 5.30. The standard InChI is InChI=1S/C5H8N2O5/c1-5(2(8)9,3(10)11)7-4(6)12/h1H3,(H,8,9)(H,10,11)(H3,6,7,12). The van der Waals surface area contributed by atoms with Crippen molar-refractivity contribution in [2.45, 2.75) is 12.5 Å². The van der Waals surface area contributed by atoms with Crippen molar-refractivity contribution in [1.29, 1.82) is 0 Å². The molecule has 0 rings (SSSR count). The molecule has 0 aromatic rings. The second kappa shape index (κ2) is 3.07. The first kappa shape index (κ1) is 10.2. The van der Waals surface area contributed by atoms with Crippen LogP contribution in [0.5, 0.6) is 0 Å². The summed E-state index contributed by atoms with van der Waals surface area (Å²) in [5.74, 6) is -3.37. The fraction of sp³-hybridized carbons (Fsp3) is 0.400. The van der Waals surface area contributed by atoms with Gasteiger partial charge < -0.3 is 21.3 Å². The lowest BCUT2D eigenvalue weighted by atomic mass is 10.0. The Balaban J connectivity index is 4.75. The van der Waals surface area contributed by atoms with Crippen LogP contribution >= 0.6 is 0 Å². The van der Waals surface area contributed by atoms with Gasteiger partial charge in [0.05, 0.1) is 0 Å². The molecule has 7 heteroatoms. The van der Waals surface area contributed by atoms with Gasteiger partial charge in [-0.3, -0.25) is 0 Å². The molecule has 0 aliphatic rings. The van der Waals surface area contributed by atoms with Gasteiger partial charge in [0.25, 0.3) is 0 Å². The van der Waals surface area contributed by atoms with Gasteiger partial charge in [0.1, 0.15) is 0 Å². The number of nitrogens with two attached hydrogens (primary N) is 1. The molecule has 0 aliphatic carbocycles. The zero-order valence-electron chi connectivity index (χ0n) is 6.20. The molecule has 0 unspecified atom stereocenters. The number of urea groups is 1. The van der Waals surface area contributed by atoms with Gasteiger partial charge in [0.15, 0.2) is 0 Å². The van der Waals surface area contributed by atoms with E-state index < -0.39 is 23.5 Å². The molecule has 0 heterocycles. The lowest BCUT2D eigenvalue weighted by molar-refractivity contribution is -0.157. The van der Waals surface area contributed by atoms with Crippen LogP contribution in [0.1, 0.15) is 6.92 Å². The predicted molar refractivity (Wildman–Crippen MR) is 36.4 cm³/mol. The van der Waals surface area contributed by atoms with Crippen LogP contribution in [-0.2, 0) is 9.59 Å². The highest BCUT2D eigenvalue weighted by Gasteiger charge is 2.42. The molecule has 0 atom stereocenters. The fourth-order valence-corrected chi connectivity index (χ4v) is 0.445. The number of hydrogen-bond donors (Lipinski definition) is 4. The topological polar surface area (TPSA) is 130 Å². The maximum atomic E-state index is 10.3. The van der Waals surface area contributed by atoms with Crippen LogP contribution < -0.4 is 11.1 Å². The van der Waals surface area contributed by atoms with Gasteiger partial charge >= 0.3 is 18.0 Å². The predicted octanol–water partition coefficient (Wildman–Crippen LogP) is -1.42. The Morgan fingerprint density at radius 1 is 1.25 bits per heavy atom. The van der Waals surface area contributed by atoms with Gasteiger partial charge in [-0.15, -0.1) is 0 Å². The molecule has 0 aromatic carbocycles. The van der Waals surface area contributed by atoms with Crippen LogP contribution in [0.4, 0.5) is 4.79 Å². The van der Waals surface area contributed by atoms with Crippen LogP contribution in [0.3, 0.4) is 0 Å². The minimum atomic E-state index is -2.37. The Hall–Kier alpha value is -1.79. The molecule has 0 saturated heterocycles. The fourth-order valence-electron chi connectivity index (χ4n) is 0.445. The number of carbonyl (C=O) groups excluding carboxylic acids is 1. The van der Waals surface area contributed by atoms with E-state index >= 15 is 0 Å². The number of hydrogen-bond acceptors (Lipinski definition) is 3. The first-order valence-electron chi connectivity index (χ1n) is 2.85. The lowest BCUT2D eigenvalue weighted by Crippen LogP contribution is -2.59. The molecule has 0 bridgehead atoms. The van der Waals surface area contributed by atoms with E-state index in [1.54, 1.807) is 5.32 Å². The van der Waals surface area contributed by atoms with Crippen LogP contribution in [0.15, 0.2) is 0 Å². The number of carboxylic acids is 2. The number of primary amides is 1. The Morgan fingerprint density at radius 3 is 1.67 bits per heavy atom. The summed E-state index contributed by atoms with van der Waals surface area (Å²) in [6, 6.07) is -1.21. The molecular weight excluding hydrogens is 168 g/mol. The first-order valence-corrected chi connectivity index (χ1v) is 2.85. The van der Waals surface area contributed by atoms with E-state index in [2.05, 4.69) is 5.73 Å². The highest BCUT2D eigenvalue weighted by molar-refractivity contribution is 6.05. The minimum absolute atomic E-state index is 0.822. The molecule has 0 spiro atoms. The molecule has 0 fully saturated rings. The van der Waals surface area contributed by atoms with E-state index in [1.807, 2.05) is 0 Å². The van der Waals surface area contributed by atoms with Crippen molar-refractivity contribution in [1.82, 2.24) is 5.32 Å². The van der Waals surface area contributed by atoms with Gasteiger partial charge in [-0.2, -0.15) is 0 Å². The van der Waals surface area contributed by atoms with E-state index in [0.29, 0.717) is 0 Å². The molecule has 68 valence electrons. The van der Waals surface area contributed by atoms with Gasteiger partial charge in [0, 0.05) is 0 Å². The molecular formula is C5H8N2O5. The van der Waals surface area contributed by atoms with E-state index in [1.165, 1.54) is 0 Å². The van der Waals surface area contributed by atoms with Crippen molar-refractivity contribution < 1.29 is 24.6 Å². The normalized spacial score (nSPS) is 10.4. The third kappa shape index (κ3) is 1.84. The quantitative estimate of drug-likeness (QED) is 0.392. The number of nitrogens with one attached hydrogen (secondary N) is 1. The number of carbonyl (C=O) groups is 3. The Bertz CT molecular complexity index is 222. The maximum absolute atomic E-state index is 10.3. The Kier molecular flexibility index (Phi) is 2.62. The second-order valence-electron chi connectivity index (χ2n) is 2.22. The van der Waals surface area contributed by atoms with Gasteiger partial charge in [-0.1, -0.05) is 0 Å². The lowest BCUT2D eigenvalue weighted by Gasteiger charge is -2.19. The number of amides is 2. The van der Waals surface area contributed by atoms with E-state index in [4.69, 9.17) is 10.2 Å². The highest BCUT2D eigenvalue weighted by atomic mass is 16.4. The van der Waals surface area contributed by atoms with Gasteiger partial charge in [-0.05, 0) is 6.92 Å². The Labute approximate surface area is 67.2 Å². The van der Waals surface area contributed by atoms with Gasteiger partial charge in [-0.25, -0.2) is 14.4 Å². The molecule has 12 heavy (non-hydrogen) atoms. The average molecular weight is 176 g/mol. The molecule has 0 saturated carbocycles. The number of aliphatic carboxylic acids is 2. The van der Waals surface area contributed by atoms with Crippen molar-refractivity contribution in [2.24, 2.45) is 5.73 Å². The SMILES string of the molecule is CC(NC(N)=O)(C(=O)O)C(=O)O. The second-order valence-corrected chi connectivity index (χ2v) is 2.22. The molecule has 0 aliphatic heterocycles. The van der Waals surface area contributed by atoms with Crippen molar-refractivity contribution in [3.8, 4) is 0 Å². The van der Waals surface area contributed by atoms with Crippen molar-refractivity contribution >= 4 is 18.0 Å². The zero-order chi connectivity index (χ0) is 9.94. The average Bonchev–Trinajstić information content (AvgIpc) is 1.84.